The summed E-state index contributed by atoms with van der Waals surface area (Å²) in [6.45, 7) is 0. The van der Waals surface area contributed by atoms with Gasteiger partial charge >= 0.3 is 0 Å². The van der Waals surface area contributed by atoms with E-state index in [1.165, 1.54) is 0 Å². The molecule has 0 radical (unpaired) electrons. The molecule has 3 nitrogen and oxygen atoms in total. The number of rotatable bonds is 0. The number of nitrogens with zero attached hydrogens (tertiary/aromatic N) is 2. The maximum absolute atomic E-state index is 12.0. The second-order valence-electron chi connectivity index (χ2n) is 4.10. The van der Waals surface area contributed by atoms with E-state index in [4.69, 9.17) is 0 Å². The highest BCUT2D eigenvalue weighted by molar-refractivity contribution is 9.10. The Morgan fingerprint density at radius 2 is 1.67 bits per heavy atom. The third kappa shape index (κ3) is 2.08. The van der Waals surface area contributed by atoms with Crippen LogP contribution in [0.1, 0.15) is 11.1 Å². The van der Waals surface area contributed by atoms with Gasteiger partial charge in [0.1, 0.15) is 5.69 Å². The Bertz CT molecular complexity index is 668. The molecule has 0 saturated carbocycles. The first kappa shape index (κ1) is 11.9. The van der Waals surface area contributed by atoms with Crippen molar-refractivity contribution in [1.29, 1.82) is 0 Å². The number of azo groups is 1. The van der Waals surface area contributed by atoms with Gasteiger partial charge < -0.3 is 5.21 Å². The molecule has 0 unspecified atom stereocenters. The van der Waals surface area contributed by atoms with Gasteiger partial charge in [-0.2, -0.15) is 0 Å². The smallest absolute Gasteiger partial charge is 0.249 e. The molecule has 0 bridgehead atoms. The molecule has 90 valence electrons. The normalized spacial score (nSPS) is 13.3. The summed E-state index contributed by atoms with van der Waals surface area (Å²) in [5.74, 6) is 0. The van der Waals surface area contributed by atoms with Crippen molar-refractivity contribution in [2.24, 2.45) is 5.11 Å². The van der Waals surface area contributed by atoms with Crippen molar-refractivity contribution in [2.75, 3.05) is 0 Å². The zero-order chi connectivity index (χ0) is 12.7. The molecule has 1 aliphatic rings. The van der Waals surface area contributed by atoms with Crippen LogP contribution in [0.2, 0.25) is 0 Å². The Kier molecular flexibility index (Phi) is 2.95. The number of hydrogen-bond donors (Lipinski definition) is 0. The van der Waals surface area contributed by atoms with Gasteiger partial charge in [0, 0.05) is 32.1 Å². The fraction of sp³-hybridized carbons (Fsp3) is 0.0769. The van der Waals surface area contributed by atoms with Gasteiger partial charge in [0.05, 0.1) is 0 Å². The minimum absolute atomic E-state index is 0.594. The molecule has 3 rings (SSSR count). The van der Waals surface area contributed by atoms with Crippen molar-refractivity contribution in [1.82, 2.24) is 0 Å². The van der Waals surface area contributed by atoms with E-state index in [9.17, 15) is 5.21 Å². The second-order valence-corrected chi connectivity index (χ2v) is 5.93. The van der Waals surface area contributed by atoms with Crippen LogP contribution in [-0.2, 0) is 6.42 Å². The van der Waals surface area contributed by atoms with Crippen LogP contribution in [0.4, 0.5) is 11.4 Å². The summed E-state index contributed by atoms with van der Waals surface area (Å²) >= 11 is 6.77. The van der Waals surface area contributed by atoms with Crippen molar-refractivity contribution >= 4 is 43.2 Å². The fourth-order valence-electron chi connectivity index (χ4n) is 2.00. The highest BCUT2D eigenvalue weighted by Crippen LogP contribution is 2.34. The molecule has 0 N–H and O–H groups in total. The van der Waals surface area contributed by atoms with Crippen LogP contribution in [0.5, 0.6) is 0 Å². The van der Waals surface area contributed by atoms with E-state index in [1.54, 1.807) is 6.07 Å². The lowest BCUT2D eigenvalue weighted by Crippen LogP contribution is -1.94. The second kappa shape index (κ2) is 4.48. The minimum Gasteiger partial charge on any atom is -0.594 e. The molecular formula is C13H8Br2N2O. The molecule has 0 saturated heterocycles. The van der Waals surface area contributed by atoms with E-state index >= 15 is 0 Å². The molecule has 1 heterocycles. The van der Waals surface area contributed by atoms with Crippen LogP contribution in [-0.4, -0.2) is 4.86 Å². The van der Waals surface area contributed by atoms with E-state index in [1.807, 2.05) is 30.3 Å². The van der Waals surface area contributed by atoms with E-state index in [0.717, 1.165) is 20.1 Å². The standard InChI is InChI=1S/C13H8Br2N2O/c14-10-3-1-8-5-9-2-4-11(15)7-13(9)17(18)16-12(8)6-10/h1-4,6-7H,5H2. The van der Waals surface area contributed by atoms with Gasteiger partial charge in [-0.1, -0.05) is 44.0 Å². The number of benzene rings is 2. The minimum atomic E-state index is 0.594. The lowest BCUT2D eigenvalue weighted by Gasteiger charge is -2.03. The van der Waals surface area contributed by atoms with Crippen LogP contribution >= 0.6 is 31.9 Å². The van der Waals surface area contributed by atoms with E-state index in [-0.39, 0.29) is 0 Å². The Labute approximate surface area is 121 Å². The molecule has 1 aliphatic heterocycles. The number of hydrogen-bond acceptors (Lipinski definition) is 2. The highest BCUT2D eigenvalue weighted by atomic mass is 79.9. The van der Waals surface area contributed by atoms with Gasteiger partial charge in [0.2, 0.25) is 5.69 Å². The zero-order valence-corrected chi connectivity index (χ0v) is 12.4. The molecule has 0 aliphatic carbocycles. The lowest BCUT2D eigenvalue weighted by atomic mass is 10.0. The van der Waals surface area contributed by atoms with Crippen LogP contribution in [0.15, 0.2) is 50.5 Å². The van der Waals surface area contributed by atoms with Crippen LogP contribution < -0.4 is 0 Å². The van der Waals surface area contributed by atoms with Gasteiger partial charge in [-0.15, -0.1) is 0 Å². The Morgan fingerprint density at radius 1 is 1.00 bits per heavy atom. The summed E-state index contributed by atoms with van der Waals surface area (Å²) in [7, 11) is 0. The summed E-state index contributed by atoms with van der Waals surface area (Å²) < 4.78 is 1.80. The summed E-state index contributed by atoms with van der Waals surface area (Å²) in [6.07, 6.45) is 0.716. The zero-order valence-electron chi connectivity index (χ0n) is 9.23. The quantitative estimate of drug-likeness (QED) is 0.474. The first-order chi connectivity index (χ1) is 8.63. The average Bonchev–Trinajstić information content (AvgIpc) is 2.46. The summed E-state index contributed by atoms with van der Waals surface area (Å²) in [5, 5.41) is 16.2. The predicted octanol–water partition coefficient (Wildman–Crippen LogP) is 5.04. The van der Waals surface area contributed by atoms with Crippen molar-refractivity contribution in [2.45, 2.75) is 6.42 Å². The molecule has 18 heavy (non-hydrogen) atoms. The summed E-state index contributed by atoms with van der Waals surface area (Å²) in [6, 6.07) is 11.5. The first-order valence-electron chi connectivity index (χ1n) is 5.39. The lowest BCUT2D eigenvalue weighted by molar-refractivity contribution is -0.435. The molecule has 2 aromatic carbocycles. The topological polar surface area (TPSA) is 38.4 Å². The van der Waals surface area contributed by atoms with Gasteiger partial charge in [-0.25, -0.2) is 0 Å². The third-order valence-electron chi connectivity index (χ3n) is 2.88. The van der Waals surface area contributed by atoms with Gasteiger partial charge in [0.25, 0.3) is 0 Å². The number of fused-ring (bicyclic) bond motifs is 2. The first-order valence-corrected chi connectivity index (χ1v) is 6.98. The fourth-order valence-corrected chi connectivity index (χ4v) is 2.70. The van der Waals surface area contributed by atoms with Gasteiger partial charge in [-0.05, 0) is 28.6 Å². The highest BCUT2D eigenvalue weighted by Gasteiger charge is 2.19. The average molecular weight is 368 g/mol. The molecule has 2 aromatic rings. The van der Waals surface area contributed by atoms with Crippen molar-refractivity contribution in [3.05, 3.63) is 61.7 Å². The monoisotopic (exact) mass is 366 g/mol. The van der Waals surface area contributed by atoms with Gasteiger partial charge in [0.15, 0.2) is 0 Å². The molecule has 0 atom stereocenters. The summed E-state index contributed by atoms with van der Waals surface area (Å²) in [4.78, 5) is 0.693. The summed E-state index contributed by atoms with van der Waals surface area (Å²) in [5.41, 5.74) is 3.35. The largest absolute Gasteiger partial charge is 0.594 e. The maximum Gasteiger partial charge on any atom is 0.249 e. The van der Waals surface area contributed by atoms with Gasteiger partial charge in [-0.3, -0.25) is 0 Å². The van der Waals surface area contributed by atoms with Crippen LogP contribution in [0.25, 0.3) is 0 Å². The maximum atomic E-state index is 12.0. The molecule has 0 aromatic heterocycles. The Morgan fingerprint density at radius 3 is 2.44 bits per heavy atom. The molecular weight excluding hydrogens is 360 g/mol. The van der Waals surface area contributed by atoms with E-state index in [0.29, 0.717) is 22.7 Å². The number of halogens is 2. The Balaban J connectivity index is 2.23. The van der Waals surface area contributed by atoms with Crippen LogP contribution in [0.3, 0.4) is 0 Å². The van der Waals surface area contributed by atoms with E-state index < -0.39 is 0 Å². The van der Waals surface area contributed by atoms with Crippen molar-refractivity contribution < 1.29 is 4.86 Å². The SMILES string of the molecule is [O-][N+]1=Nc2cc(Br)ccc2Cc2ccc(Br)cc21. The molecule has 0 amide bonds. The molecule has 0 fully saturated rings. The third-order valence-corrected chi connectivity index (χ3v) is 3.87. The Hall–Kier alpha value is -1.20. The van der Waals surface area contributed by atoms with Crippen LogP contribution in [0, 0.1) is 5.21 Å². The van der Waals surface area contributed by atoms with E-state index in [2.05, 4.69) is 37.0 Å². The van der Waals surface area contributed by atoms with Crippen molar-refractivity contribution in [3.63, 3.8) is 0 Å². The molecule has 0 spiro atoms. The molecule has 5 heteroatoms. The predicted molar refractivity (Wildman–Crippen MR) is 76.5 cm³/mol. The van der Waals surface area contributed by atoms with Crippen molar-refractivity contribution in [3.8, 4) is 0 Å².